The molecule has 0 saturated carbocycles. The zero-order chi connectivity index (χ0) is 9.80. The van der Waals surface area contributed by atoms with Crippen LogP contribution in [0, 0.1) is 0 Å². The van der Waals surface area contributed by atoms with Gasteiger partial charge in [-0.15, -0.1) is 11.3 Å². The van der Waals surface area contributed by atoms with E-state index in [1.165, 1.54) is 5.56 Å². The molecule has 2 aromatic rings. The van der Waals surface area contributed by atoms with Crippen molar-refractivity contribution >= 4 is 11.3 Å². The van der Waals surface area contributed by atoms with Crippen LogP contribution in [0.5, 0.6) is 0 Å². The van der Waals surface area contributed by atoms with Crippen molar-refractivity contribution in [3.8, 4) is 0 Å². The summed E-state index contributed by atoms with van der Waals surface area (Å²) in [7, 11) is 0. The highest BCUT2D eigenvalue weighted by Gasteiger charge is 2.04. The molecule has 1 aromatic carbocycles. The quantitative estimate of drug-likeness (QED) is 0.776. The van der Waals surface area contributed by atoms with Gasteiger partial charge in [0.2, 0.25) is 0 Å². The number of hydrogen-bond donors (Lipinski definition) is 1. The zero-order valence-corrected chi connectivity index (χ0v) is 8.92. The minimum atomic E-state index is 0.330. The summed E-state index contributed by atoms with van der Waals surface area (Å²) in [5, 5.41) is 5.52. The zero-order valence-electron chi connectivity index (χ0n) is 8.10. The molecule has 1 N–H and O–H groups in total. The van der Waals surface area contributed by atoms with Gasteiger partial charge in [-0.05, 0) is 13.5 Å². The van der Waals surface area contributed by atoms with Crippen LogP contribution >= 0.6 is 11.3 Å². The van der Waals surface area contributed by atoms with Crippen LogP contribution in [0.2, 0.25) is 0 Å². The standard InChI is InChI=1S/C11H13N2S/c1-9(11-7-14-8-13-11)12-6-10-4-2-3-5-10/h2-5,7-9,12H,6H2,1H3/q-1. The number of aromatic nitrogens is 1. The topological polar surface area (TPSA) is 24.9 Å². The predicted octanol–water partition coefficient (Wildman–Crippen LogP) is 2.71. The lowest BCUT2D eigenvalue weighted by Gasteiger charge is -2.13. The van der Waals surface area contributed by atoms with Gasteiger partial charge in [0.05, 0.1) is 11.2 Å². The highest BCUT2D eigenvalue weighted by molar-refractivity contribution is 7.07. The Balaban J connectivity index is 1.87. The van der Waals surface area contributed by atoms with E-state index in [0.29, 0.717) is 6.04 Å². The molecule has 0 saturated heterocycles. The molecular weight excluding hydrogens is 192 g/mol. The maximum atomic E-state index is 4.27. The first-order valence-electron chi connectivity index (χ1n) is 4.68. The Morgan fingerprint density at radius 2 is 2.57 bits per heavy atom. The summed E-state index contributed by atoms with van der Waals surface area (Å²) in [4.78, 5) is 4.27. The lowest BCUT2D eigenvalue weighted by Crippen LogP contribution is -2.17. The van der Waals surface area contributed by atoms with Gasteiger partial charge in [-0.2, -0.15) is 23.8 Å². The molecular formula is C11H13N2S-. The molecule has 0 bridgehead atoms. The first-order valence-corrected chi connectivity index (χ1v) is 5.62. The third kappa shape index (κ3) is 2.25. The van der Waals surface area contributed by atoms with Crippen LogP contribution in [0.25, 0.3) is 0 Å². The van der Waals surface area contributed by atoms with Crippen molar-refractivity contribution in [2.45, 2.75) is 19.5 Å². The molecule has 1 aromatic heterocycles. The van der Waals surface area contributed by atoms with E-state index in [0.717, 1.165) is 12.2 Å². The summed E-state index contributed by atoms with van der Waals surface area (Å²) >= 11 is 1.64. The van der Waals surface area contributed by atoms with E-state index >= 15 is 0 Å². The highest BCUT2D eigenvalue weighted by Crippen LogP contribution is 2.12. The Morgan fingerprint density at radius 3 is 3.21 bits per heavy atom. The van der Waals surface area contributed by atoms with Crippen molar-refractivity contribution in [3.05, 3.63) is 46.4 Å². The number of rotatable bonds is 4. The molecule has 74 valence electrons. The fraction of sp³-hybridized carbons (Fsp3) is 0.273. The second-order valence-corrected chi connectivity index (χ2v) is 4.03. The Morgan fingerprint density at radius 1 is 1.64 bits per heavy atom. The van der Waals surface area contributed by atoms with Crippen molar-refractivity contribution in [2.75, 3.05) is 0 Å². The summed E-state index contributed by atoms with van der Waals surface area (Å²) < 4.78 is 0. The van der Waals surface area contributed by atoms with E-state index in [1.54, 1.807) is 11.3 Å². The van der Waals surface area contributed by atoms with E-state index in [1.807, 2.05) is 5.51 Å². The summed E-state index contributed by atoms with van der Waals surface area (Å²) in [6.45, 7) is 3.05. The van der Waals surface area contributed by atoms with Crippen LogP contribution < -0.4 is 5.32 Å². The van der Waals surface area contributed by atoms with Gasteiger partial charge in [0, 0.05) is 11.4 Å². The Bertz CT molecular complexity index is 351. The Labute approximate surface area is 88.0 Å². The minimum Gasteiger partial charge on any atom is -0.317 e. The van der Waals surface area contributed by atoms with E-state index in [2.05, 4.69) is 46.9 Å². The largest absolute Gasteiger partial charge is 0.317 e. The van der Waals surface area contributed by atoms with Crippen molar-refractivity contribution in [1.82, 2.24) is 10.3 Å². The van der Waals surface area contributed by atoms with Crippen LogP contribution in [0.1, 0.15) is 24.2 Å². The van der Waals surface area contributed by atoms with Crippen LogP contribution in [0.15, 0.2) is 35.2 Å². The smallest absolute Gasteiger partial charge is 0.0795 e. The summed E-state index contributed by atoms with van der Waals surface area (Å²) in [6, 6.07) is 8.70. The Kier molecular flexibility index (Phi) is 3.01. The monoisotopic (exact) mass is 205 g/mol. The van der Waals surface area contributed by atoms with Crippen LogP contribution in [0.3, 0.4) is 0 Å². The molecule has 0 amide bonds. The molecule has 1 heterocycles. The number of nitrogens with one attached hydrogen (secondary N) is 1. The summed E-state index contributed by atoms with van der Waals surface area (Å²) in [6.07, 6.45) is 0. The van der Waals surface area contributed by atoms with Crippen LogP contribution in [-0.2, 0) is 6.54 Å². The van der Waals surface area contributed by atoms with Crippen molar-refractivity contribution in [3.63, 3.8) is 0 Å². The Hall–Kier alpha value is -1.06. The third-order valence-electron chi connectivity index (χ3n) is 2.24. The molecule has 0 aliphatic carbocycles. The van der Waals surface area contributed by atoms with Gasteiger partial charge in [-0.25, -0.2) is 11.1 Å². The van der Waals surface area contributed by atoms with E-state index < -0.39 is 0 Å². The molecule has 1 unspecified atom stereocenters. The maximum Gasteiger partial charge on any atom is 0.0795 e. The molecule has 0 aliphatic heterocycles. The average Bonchev–Trinajstić information content (AvgIpc) is 2.87. The number of thiazole rings is 1. The van der Waals surface area contributed by atoms with Crippen molar-refractivity contribution < 1.29 is 0 Å². The van der Waals surface area contributed by atoms with E-state index in [9.17, 15) is 0 Å². The van der Waals surface area contributed by atoms with E-state index in [4.69, 9.17) is 0 Å². The van der Waals surface area contributed by atoms with Gasteiger partial charge >= 0.3 is 0 Å². The highest BCUT2D eigenvalue weighted by atomic mass is 32.1. The molecule has 1 atom stereocenters. The minimum absolute atomic E-state index is 0.330. The molecule has 3 heteroatoms. The molecule has 0 spiro atoms. The molecule has 0 radical (unpaired) electrons. The fourth-order valence-electron chi connectivity index (χ4n) is 1.34. The first-order chi connectivity index (χ1) is 6.86. The molecule has 2 rings (SSSR count). The van der Waals surface area contributed by atoms with Crippen molar-refractivity contribution in [2.24, 2.45) is 0 Å². The normalized spacial score (nSPS) is 12.9. The maximum absolute atomic E-state index is 4.27. The molecule has 14 heavy (non-hydrogen) atoms. The lowest BCUT2D eigenvalue weighted by molar-refractivity contribution is 0.565. The molecule has 2 nitrogen and oxygen atoms in total. The second kappa shape index (κ2) is 4.44. The summed E-state index contributed by atoms with van der Waals surface area (Å²) in [5.74, 6) is 0. The van der Waals surface area contributed by atoms with Gasteiger partial charge in [-0.3, -0.25) is 0 Å². The van der Waals surface area contributed by atoms with Gasteiger partial charge in [0.1, 0.15) is 0 Å². The number of hydrogen-bond acceptors (Lipinski definition) is 3. The fourth-order valence-corrected chi connectivity index (χ4v) is 1.99. The summed E-state index contributed by atoms with van der Waals surface area (Å²) in [5.41, 5.74) is 4.32. The predicted molar refractivity (Wildman–Crippen MR) is 59.4 cm³/mol. The van der Waals surface area contributed by atoms with E-state index in [-0.39, 0.29) is 0 Å². The first kappa shape index (κ1) is 9.49. The van der Waals surface area contributed by atoms with Gasteiger partial charge in [-0.1, -0.05) is 0 Å². The average molecular weight is 205 g/mol. The molecule has 0 aliphatic rings. The molecule has 0 fully saturated rings. The van der Waals surface area contributed by atoms with Crippen LogP contribution in [-0.4, -0.2) is 4.98 Å². The number of nitrogens with zero attached hydrogens (tertiary/aromatic N) is 1. The van der Waals surface area contributed by atoms with Crippen molar-refractivity contribution in [1.29, 1.82) is 0 Å². The third-order valence-corrected chi connectivity index (χ3v) is 2.84. The van der Waals surface area contributed by atoms with Gasteiger partial charge in [0.15, 0.2) is 0 Å². The van der Waals surface area contributed by atoms with Gasteiger partial charge < -0.3 is 5.32 Å². The van der Waals surface area contributed by atoms with Crippen LogP contribution in [0.4, 0.5) is 0 Å². The SMILES string of the molecule is CC(NCc1cc[cH-]c1)c1cscn1. The lowest BCUT2D eigenvalue weighted by atomic mass is 10.2. The second-order valence-electron chi connectivity index (χ2n) is 3.31. The van der Waals surface area contributed by atoms with Gasteiger partial charge in [0.25, 0.3) is 0 Å².